The van der Waals surface area contributed by atoms with Crippen LogP contribution in [0.3, 0.4) is 0 Å². The van der Waals surface area contributed by atoms with Gasteiger partial charge in [0.15, 0.2) is 0 Å². The van der Waals surface area contributed by atoms with E-state index in [1.54, 1.807) is 34.6 Å². The van der Waals surface area contributed by atoms with Gasteiger partial charge in [0, 0.05) is 5.46 Å². The van der Waals surface area contributed by atoms with Crippen LogP contribution in [0.15, 0.2) is 12.1 Å². The Hall–Kier alpha value is -1.15. The van der Waals surface area contributed by atoms with E-state index in [1.165, 1.54) is 13.8 Å². The van der Waals surface area contributed by atoms with Gasteiger partial charge in [-0.3, -0.25) is 0 Å². The zero-order chi connectivity index (χ0) is 19.8. The number of rotatable bonds is 5. The molecule has 0 aliphatic carbocycles. The molecular formula is C17H25BClFO5. The van der Waals surface area contributed by atoms with Gasteiger partial charge in [-0.25, -0.2) is 9.18 Å². The Morgan fingerprint density at radius 2 is 1.68 bits per heavy atom. The second-order valence-corrected chi connectivity index (χ2v) is 8.30. The van der Waals surface area contributed by atoms with Gasteiger partial charge in [0.05, 0.1) is 21.8 Å². The highest BCUT2D eigenvalue weighted by atomic mass is 35.5. The van der Waals surface area contributed by atoms with E-state index in [1.807, 2.05) is 0 Å². The molecule has 1 rings (SSSR count). The lowest BCUT2D eigenvalue weighted by Gasteiger charge is -2.38. The highest BCUT2D eigenvalue weighted by Crippen LogP contribution is 2.26. The number of benzene rings is 1. The summed E-state index contributed by atoms with van der Waals surface area (Å²) in [6.45, 7) is 11.2. The van der Waals surface area contributed by atoms with Crippen molar-refractivity contribution in [3.05, 3.63) is 28.5 Å². The Bertz CT molecular complexity index is 650. The van der Waals surface area contributed by atoms with E-state index in [2.05, 4.69) is 0 Å². The summed E-state index contributed by atoms with van der Waals surface area (Å²) in [5.41, 5.74) is -3.60. The number of esters is 1. The van der Waals surface area contributed by atoms with Gasteiger partial charge in [0.1, 0.15) is 11.4 Å². The molecule has 0 aliphatic rings. The lowest BCUT2D eigenvalue weighted by Crippen LogP contribution is -2.53. The van der Waals surface area contributed by atoms with Crippen molar-refractivity contribution < 1.29 is 28.7 Å². The van der Waals surface area contributed by atoms with Gasteiger partial charge < -0.3 is 19.5 Å². The van der Waals surface area contributed by atoms with Crippen molar-refractivity contribution in [1.29, 1.82) is 0 Å². The summed E-state index contributed by atoms with van der Waals surface area (Å²) in [4.78, 5) is 12.1. The van der Waals surface area contributed by atoms with Crippen LogP contribution in [0.2, 0.25) is 5.02 Å². The van der Waals surface area contributed by atoms with Crippen LogP contribution in [0.25, 0.3) is 0 Å². The highest BCUT2D eigenvalue weighted by Gasteiger charge is 2.40. The van der Waals surface area contributed by atoms with Crippen molar-refractivity contribution in [2.45, 2.75) is 65.3 Å². The number of hydrogen-bond donors (Lipinski definition) is 2. The molecular weight excluding hydrogens is 349 g/mol. The second kappa shape index (κ2) is 7.23. The van der Waals surface area contributed by atoms with E-state index < -0.39 is 35.7 Å². The molecule has 0 spiro atoms. The Morgan fingerprint density at radius 1 is 1.16 bits per heavy atom. The average molecular weight is 375 g/mol. The molecule has 140 valence electrons. The average Bonchev–Trinajstić information content (AvgIpc) is 2.36. The molecule has 1 aromatic rings. The predicted octanol–water partition coefficient (Wildman–Crippen LogP) is 2.69. The van der Waals surface area contributed by atoms with Gasteiger partial charge in [-0.05, 0) is 60.6 Å². The fraction of sp³-hybridized carbons (Fsp3) is 0.588. The van der Waals surface area contributed by atoms with E-state index >= 15 is 0 Å². The molecule has 0 saturated heterocycles. The Kier molecular flexibility index (Phi) is 6.33. The smallest absolute Gasteiger partial charge is 0.456 e. The van der Waals surface area contributed by atoms with Crippen LogP contribution in [0, 0.1) is 5.82 Å². The quantitative estimate of drug-likeness (QED) is 0.612. The van der Waals surface area contributed by atoms with Crippen LogP contribution < -0.4 is 5.46 Å². The van der Waals surface area contributed by atoms with Crippen LogP contribution in [-0.2, 0) is 9.39 Å². The van der Waals surface area contributed by atoms with Gasteiger partial charge in [-0.1, -0.05) is 11.6 Å². The molecule has 0 atom stereocenters. The topological polar surface area (TPSA) is 76.0 Å². The number of ether oxygens (including phenoxy) is 1. The Balaban J connectivity index is 3.12. The number of carbonyl (C=O) groups excluding carboxylic acids is 1. The maximum Gasteiger partial charge on any atom is 0.494 e. The SMILES string of the molecule is CC(C)(C)OC(=O)c1cc(F)c(B(O)OC(C)(C)C(C)(C)O)cc1Cl. The van der Waals surface area contributed by atoms with Gasteiger partial charge in [0.25, 0.3) is 0 Å². The van der Waals surface area contributed by atoms with Crippen LogP contribution >= 0.6 is 11.6 Å². The number of aliphatic hydroxyl groups is 1. The van der Waals surface area contributed by atoms with E-state index in [0.29, 0.717) is 0 Å². The molecule has 0 saturated carbocycles. The van der Waals surface area contributed by atoms with Crippen molar-refractivity contribution in [3.63, 3.8) is 0 Å². The summed E-state index contributed by atoms with van der Waals surface area (Å²) in [6, 6.07) is 2.01. The van der Waals surface area contributed by atoms with Crippen molar-refractivity contribution in [2.75, 3.05) is 0 Å². The second-order valence-electron chi connectivity index (χ2n) is 7.89. The molecule has 8 heteroatoms. The molecule has 25 heavy (non-hydrogen) atoms. The van der Waals surface area contributed by atoms with Gasteiger partial charge in [0.2, 0.25) is 0 Å². The summed E-state index contributed by atoms with van der Waals surface area (Å²) >= 11 is 6.05. The molecule has 0 radical (unpaired) electrons. The van der Waals surface area contributed by atoms with Crippen molar-refractivity contribution >= 4 is 30.2 Å². The van der Waals surface area contributed by atoms with Gasteiger partial charge in [-0.15, -0.1) is 0 Å². The van der Waals surface area contributed by atoms with E-state index in [9.17, 15) is 19.3 Å². The van der Waals surface area contributed by atoms with Crippen molar-refractivity contribution in [3.8, 4) is 0 Å². The standard InChI is InChI=1S/C17H25BClFO5/c1-15(2,3)24-14(21)10-8-13(20)11(9-12(10)19)18(23)25-17(6,7)16(4,5)22/h8-9,22-23H,1-7H3. The number of hydrogen-bond acceptors (Lipinski definition) is 5. The first kappa shape index (κ1) is 21.9. The predicted molar refractivity (Wildman–Crippen MR) is 95.6 cm³/mol. The Morgan fingerprint density at radius 3 is 2.12 bits per heavy atom. The third-order valence-corrected chi connectivity index (χ3v) is 4.16. The minimum absolute atomic E-state index is 0.0747. The van der Waals surface area contributed by atoms with Crippen molar-refractivity contribution in [2.24, 2.45) is 0 Å². The maximum absolute atomic E-state index is 14.4. The third kappa shape index (κ3) is 5.67. The number of carbonyl (C=O) groups is 1. The number of halogens is 2. The van der Waals surface area contributed by atoms with Crippen LogP contribution in [-0.4, -0.2) is 40.0 Å². The summed E-state index contributed by atoms with van der Waals surface area (Å²) < 4.78 is 24.9. The molecule has 0 unspecified atom stereocenters. The zero-order valence-corrected chi connectivity index (χ0v) is 16.4. The molecule has 0 amide bonds. The molecule has 0 fully saturated rings. The minimum atomic E-state index is -1.67. The Labute approximate surface area is 153 Å². The summed E-state index contributed by atoms with van der Waals surface area (Å²) in [6.07, 6.45) is 0. The first-order valence-corrected chi connectivity index (χ1v) is 8.23. The summed E-state index contributed by atoms with van der Waals surface area (Å²) in [5.74, 6) is -1.64. The largest absolute Gasteiger partial charge is 0.494 e. The van der Waals surface area contributed by atoms with E-state index in [0.717, 1.165) is 12.1 Å². The van der Waals surface area contributed by atoms with Gasteiger partial charge in [-0.2, -0.15) is 0 Å². The fourth-order valence-corrected chi connectivity index (χ4v) is 1.98. The summed E-state index contributed by atoms with van der Waals surface area (Å²) in [7, 11) is -1.67. The monoisotopic (exact) mass is 374 g/mol. The van der Waals surface area contributed by atoms with Crippen LogP contribution in [0.1, 0.15) is 58.8 Å². The molecule has 0 heterocycles. The normalized spacial score (nSPS) is 12.9. The summed E-state index contributed by atoms with van der Waals surface area (Å²) in [5, 5.41) is 20.2. The lowest BCUT2D eigenvalue weighted by molar-refractivity contribution is -0.0983. The van der Waals surface area contributed by atoms with E-state index in [-0.39, 0.29) is 16.0 Å². The van der Waals surface area contributed by atoms with Crippen molar-refractivity contribution in [1.82, 2.24) is 0 Å². The first-order valence-electron chi connectivity index (χ1n) is 7.86. The minimum Gasteiger partial charge on any atom is -0.456 e. The zero-order valence-electron chi connectivity index (χ0n) is 15.6. The lowest BCUT2D eigenvalue weighted by atomic mass is 9.76. The molecule has 0 aliphatic heterocycles. The van der Waals surface area contributed by atoms with Crippen LogP contribution in [0.5, 0.6) is 0 Å². The van der Waals surface area contributed by atoms with Gasteiger partial charge >= 0.3 is 13.1 Å². The molecule has 2 N–H and O–H groups in total. The first-order chi connectivity index (χ1) is 11.0. The molecule has 1 aromatic carbocycles. The molecule has 5 nitrogen and oxygen atoms in total. The highest BCUT2D eigenvalue weighted by molar-refractivity contribution is 6.60. The fourth-order valence-electron chi connectivity index (χ4n) is 1.73. The third-order valence-electron chi connectivity index (χ3n) is 3.85. The molecule has 0 bridgehead atoms. The van der Waals surface area contributed by atoms with Crippen LogP contribution in [0.4, 0.5) is 4.39 Å². The maximum atomic E-state index is 14.4. The van der Waals surface area contributed by atoms with E-state index in [4.69, 9.17) is 21.0 Å². The molecule has 0 aromatic heterocycles.